The van der Waals surface area contributed by atoms with Crippen molar-refractivity contribution in [1.82, 2.24) is 0 Å². The second-order valence-electron chi connectivity index (χ2n) is 15.3. The minimum absolute atomic E-state index is 0.326. The van der Waals surface area contributed by atoms with E-state index in [0.29, 0.717) is 13.2 Å². The van der Waals surface area contributed by atoms with Crippen molar-refractivity contribution in [3.8, 4) is 0 Å². The van der Waals surface area contributed by atoms with Crippen LogP contribution in [0.4, 0.5) is 0 Å². The van der Waals surface area contributed by atoms with E-state index < -0.39 is 0 Å². The number of hydrogen-bond acceptors (Lipinski definition) is 3. The fourth-order valence-electron chi connectivity index (χ4n) is 6.59. The van der Waals surface area contributed by atoms with Crippen molar-refractivity contribution in [2.45, 2.75) is 207 Å². The van der Waals surface area contributed by atoms with Crippen molar-refractivity contribution in [2.24, 2.45) is 0 Å². The molecule has 0 saturated heterocycles. The smallest absolute Gasteiger partial charge is 0.161 e. The highest BCUT2D eigenvalue weighted by molar-refractivity contribution is 5.14. The maximum absolute atomic E-state index is 6.62. The average Bonchev–Trinajstić information content (AvgIpc) is 3.22. The van der Waals surface area contributed by atoms with Gasteiger partial charge in [0.1, 0.15) is 0 Å². The van der Waals surface area contributed by atoms with E-state index in [0.717, 1.165) is 49.7 Å². The van der Waals surface area contributed by atoms with Crippen LogP contribution in [0, 0.1) is 0 Å². The summed E-state index contributed by atoms with van der Waals surface area (Å²) in [5.41, 5.74) is 2.32. The second-order valence-corrected chi connectivity index (χ2v) is 15.3. The molecule has 2 rings (SSSR count). The molecule has 0 radical (unpaired) electrons. The van der Waals surface area contributed by atoms with Crippen molar-refractivity contribution in [3.63, 3.8) is 0 Å². The summed E-state index contributed by atoms with van der Waals surface area (Å²) in [5, 5.41) is 0. The van der Waals surface area contributed by atoms with Gasteiger partial charge in [-0.25, -0.2) is 0 Å². The SMILES string of the molecule is CCCC/C=C\CCCCCCCC/C=C/CCC(OCc1ccccc1)OC(CC/C=C/CCCCCCCC/C=C\CCCC)OCc1ccccc1. The Bertz CT molecular complexity index is 1090. The molecule has 0 spiro atoms. The molecule has 308 valence electrons. The molecule has 2 aromatic rings. The van der Waals surface area contributed by atoms with Crippen LogP contribution in [0.1, 0.15) is 192 Å². The summed E-state index contributed by atoms with van der Waals surface area (Å²) < 4.78 is 19.4. The Hall–Kier alpha value is -2.72. The third kappa shape index (κ3) is 31.1. The zero-order valence-corrected chi connectivity index (χ0v) is 35.6. The lowest BCUT2D eigenvalue weighted by Gasteiger charge is -2.25. The Morgan fingerprint density at radius 2 is 0.655 bits per heavy atom. The third-order valence-electron chi connectivity index (χ3n) is 10.1. The molecule has 0 aromatic heterocycles. The summed E-state index contributed by atoms with van der Waals surface area (Å²) >= 11 is 0. The van der Waals surface area contributed by atoms with E-state index in [1.165, 1.54) is 128 Å². The van der Waals surface area contributed by atoms with Gasteiger partial charge in [0.25, 0.3) is 0 Å². The fraction of sp³-hybridized carbons (Fsp3) is 0.615. The highest BCUT2D eigenvalue weighted by atomic mass is 16.8. The minimum Gasteiger partial charge on any atom is -0.348 e. The van der Waals surface area contributed by atoms with E-state index in [2.05, 4.69) is 111 Å². The zero-order chi connectivity index (χ0) is 39.0. The molecule has 2 aromatic carbocycles. The van der Waals surface area contributed by atoms with Gasteiger partial charge in [-0.05, 0) is 88.2 Å². The Labute approximate surface area is 340 Å². The van der Waals surface area contributed by atoms with E-state index in [1.54, 1.807) is 0 Å². The van der Waals surface area contributed by atoms with Crippen molar-refractivity contribution in [2.75, 3.05) is 0 Å². The van der Waals surface area contributed by atoms with Gasteiger partial charge in [0.05, 0.1) is 13.2 Å². The predicted octanol–water partition coefficient (Wildman–Crippen LogP) is 16.5. The van der Waals surface area contributed by atoms with Crippen LogP contribution >= 0.6 is 0 Å². The first-order valence-electron chi connectivity index (χ1n) is 22.9. The molecule has 3 heteroatoms. The summed E-state index contributed by atoms with van der Waals surface area (Å²) in [5.74, 6) is 0. The van der Waals surface area contributed by atoms with Gasteiger partial charge in [-0.1, -0.05) is 200 Å². The van der Waals surface area contributed by atoms with Gasteiger partial charge in [-0.2, -0.15) is 0 Å². The van der Waals surface area contributed by atoms with Gasteiger partial charge in [0.15, 0.2) is 12.6 Å². The highest BCUT2D eigenvalue weighted by Gasteiger charge is 2.18. The average molecular weight is 755 g/mol. The van der Waals surface area contributed by atoms with E-state index in [9.17, 15) is 0 Å². The topological polar surface area (TPSA) is 27.7 Å². The maximum atomic E-state index is 6.62. The van der Waals surface area contributed by atoms with Crippen LogP contribution in [-0.2, 0) is 27.4 Å². The Kier molecular flexibility index (Phi) is 33.6. The van der Waals surface area contributed by atoms with Crippen LogP contribution in [0.25, 0.3) is 0 Å². The molecule has 0 aliphatic carbocycles. The van der Waals surface area contributed by atoms with E-state index in [4.69, 9.17) is 14.2 Å². The molecule has 2 atom stereocenters. The maximum Gasteiger partial charge on any atom is 0.161 e. The first-order chi connectivity index (χ1) is 27.3. The van der Waals surface area contributed by atoms with Crippen LogP contribution in [-0.4, -0.2) is 12.6 Å². The van der Waals surface area contributed by atoms with Crippen molar-refractivity contribution in [1.29, 1.82) is 0 Å². The fourth-order valence-corrected chi connectivity index (χ4v) is 6.59. The van der Waals surface area contributed by atoms with Crippen LogP contribution in [0.3, 0.4) is 0 Å². The molecule has 0 aliphatic rings. The van der Waals surface area contributed by atoms with Crippen molar-refractivity contribution in [3.05, 3.63) is 120 Å². The van der Waals surface area contributed by atoms with Crippen molar-refractivity contribution < 1.29 is 14.2 Å². The molecule has 0 saturated carbocycles. The van der Waals surface area contributed by atoms with Crippen LogP contribution in [0.15, 0.2) is 109 Å². The Morgan fingerprint density at radius 1 is 0.364 bits per heavy atom. The summed E-state index contributed by atoms with van der Waals surface area (Å²) in [6.45, 7) is 5.59. The van der Waals surface area contributed by atoms with Crippen LogP contribution < -0.4 is 0 Å². The Balaban J connectivity index is 1.74. The number of allylic oxidation sites excluding steroid dienone is 8. The lowest BCUT2D eigenvalue weighted by Crippen LogP contribution is -2.27. The summed E-state index contributed by atoms with van der Waals surface area (Å²) in [6, 6.07) is 20.8. The van der Waals surface area contributed by atoms with Crippen LogP contribution in [0.5, 0.6) is 0 Å². The lowest BCUT2D eigenvalue weighted by atomic mass is 10.1. The van der Waals surface area contributed by atoms with Crippen LogP contribution in [0.2, 0.25) is 0 Å². The van der Waals surface area contributed by atoms with Gasteiger partial charge in [-0.3, -0.25) is 0 Å². The molecule has 55 heavy (non-hydrogen) atoms. The molecule has 2 unspecified atom stereocenters. The third-order valence-corrected chi connectivity index (χ3v) is 10.1. The van der Waals surface area contributed by atoms with E-state index in [1.807, 2.05) is 12.1 Å². The molecule has 0 amide bonds. The summed E-state index contributed by atoms with van der Waals surface area (Å²) in [4.78, 5) is 0. The standard InChI is InChI=1S/C52H82O3/c1-3-5-7-9-11-13-15-17-19-21-23-25-27-29-31-39-45-51(53-47-49-41-35-33-36-42-49)55-52(54-48-50-43-37-34-38-44-50)46-40-32-30-28-26-24-22-20-18-16-14-12-10-8-6-4-2/h9-12,29-38,41-44,51-52H,3-8,13-28,39-40,45-48H2,1-2H3/b11-9-,12-10-,31-29+,32-30+. The largest absolute Gasteiger partial charge is 0.348 e. The van der Waals surface area contributed by atoms with E-state index >= 15 is 0 Å². The van der Waals surface area contributed by atoms with Gasteiger partial charge in [-0.15, -0.1) is 0 Å². The number of rotatable bonds is 38. The summed E-state index contributed by atoms with van der Waals surface area (Å²) in [7, 11) is 0. The predicted molar refractivity (Wildman–Crippen MR) is 239 cm³/mol. The molecule has 0 fully saturated rings. The first-order valence-corrected chi connectivity index (χ1v) is 22.9. The molecule has 3 nitrogen and oxygen atoms in total. The molecule has 0 N–H and O–H groups in total. The normalized spacial score (nSPS) is 13.3. The monoisotopic (exact) mass is 755 g/mol. The number of unbranched alkanes of at least 4 members (excludes halogenated alkanes) is 18. The number of hydrogen-bond donors (Lipinski definition) is 0. The van der Waals surface area contributed by atoms with Crippen molar-refractivity contribution >= 4 is 0 Å². The summed E-state index contributed by atoms with van der Waals surface area (Å²) in [6.07, 6.45) is 50.3. The first kappa shape index (κ1) is 48.4. The number of ether oxygens (including phenoxy) is 3. The van der Waals surface area contributed by atoms with Gasteiger partial charge in [0.2, 0.25) is 0 Å². The lowest BCUT2D eigenvalue weighted by molar-refractivity contribution is -0.255. The molecular weight excluding hydrogens is 673 g/mol. The highest BCUT2D eigenvalue weighted by Crippen LogP contribution is 2.18. The molecular formula is C52H82O3. The van der Waals surface area contributed by atoms with Gasteiger partial charge >= 0.3 is 0 Å². The molecule has 0 heterocycles. The van der Waals surface area contributed by atoms with E-state index in [-0.39, 0.29) is 12.6 Å². The quantitative estimate of drug-likeness (QED) is 0.0388. The van der Waals surface area contributed by atoms with Gasteiger partial charge < -0.3 is 14.2 Å². The Morgan fingerprint density at radius 3 is 0.982 bits per heavy atom. The van der Waals surface area contributed by atoms with Gasteiger partial charge in [0, 0.05) is 12.8 Å². The second kappa shape index (κ2) is 38.2. The molecule has 0 bridgehead atoms. The minimum atomic E-state index is -0.326. The zero-order valence-electron chi connectivity index (χ0n) is 35.6. The molecule has 0 aliphatic heterocycles. The number of benzene rings is 2.